The van der Waals surface area contributed by atoms with E-state index in [9.17, 15) is 43.3 Å². The SMILES string of the molecule is Cc1cc(C)c(-c2cc(C)c(OP(=O)(O)OCCC[C@H](C(=O)O)N3CCN(CC(=O)NCC(=O)O)CCN(CC(N)=O)CCN(CC(=O)NCC(=O)O)CC3)cc2C)c(C)c1. The Kier molecular flexibility index (Phi) is 19.7. The van der Waals surface area contributed by atoms with E-state index in [4.69, 9.17) is 25.0 Å². The van der Waals surface area contributed by atoms with Gasteiger partial charge in [0, 0.05) is 52.4 Å². The molecule has 338 valence electrons. The van der Waals surface area contributed by atoms with Crippen molar-refractivity contribution in [3.63, 3.8) is 0 Å². The second kappa shape index (κ2) is 23.9. The molecule has 3 amide bonds. The Labute approximate surface area is 355 Å². The summed E-state index contributed by atoms with van der Waals surface area (Å²) in [5.41, 5.74) is 12.3. The minimum Gasteiger partial charge on any atom is -0.480 e. The summed E-state index contributed by atoms with van der Waals surface area (Å²) in [6.07, 6.45) is -0.0169. The van der Waals surface area contributed by atoms with E-state index in [0.717, 1.165) is 33.4 Å². The second-order valence-electron chi connectivity index (χ2n) is 15.3. The minimum absolute atomic E-state index is 0.0228. The third kappa shape index (κ3) is 17.5. The molecule has 8 N–H and O–H groups in total. The number of hydrogen-bond donors (Lipinski definition) is 7. The van der Waals surface area contributed by atoms with Gasteiger partial charge in [0.15, 0.2) is 0 Å². The highest BCUT2D eigenvalue weighted by Gasteiger charge is 2.30. The van der Waals surface area contributed by atoms with Crippen LogP contribution in [-0.4, -0.2) is 173 Å². The third-order valence-corrected chi connectivity index (χ3v) is 11.1. The molecule has 1 saturated heterocycles. The van der Waals surface area contributed by atoms with Gasteiger partial charge in [0.05, 0.1) is 26.2 Å². The number of rotatable bonds is 20. The molecule has 0 spiro atoms. The smallest absolute Gasteiger partial charge is 0.480 e. The number of carbonyl (C=O) groups is 6. The van der Waals surface area contributed by atoms with Gasteiger partial charge >= 0.3 is 25.7 Å². The molecule has 0 aliphatic carbocycles. The molecular formula is C40H60N7O13P. The van der Waals surface area contributed by atoms with Crippen molar-refractivity contribution in [3.8, 4) is 16.9 Å². The van der Waals surface area contributed by atoms with Gasteiger partial charge in [-0.2, -0.15) is 0 Å². The fraction of sp³-hybridized carbons (Fsp3) is 0.550. The van der Waals surface area contributed by atoms with Crippen molar-refractivity contribution in [2.24, 2.45) is 5.73 Å². The lowest BCUT2D eigenvalue weighted by Gasteiger charge is -2.35. The van der Waals surface area contributed by atoms with E-state index < -0.39 is 62.6 Å². The van der Waals surface area contributed by atoms with Gasteiger partial charge in [-0.1, -0.05) is 17.7 Å². The number of aryl methyl sites for hydroxylation is 5. The highest BCUT2D eigenvalue weighted by molar-refractivity contribution is 7.47. The molecule has 2 aromatic carbocycles. The number of carboxylic acids is 3. The first-order valence-corrected chi connectivity index (χ1v) is 21.4. The topological polar surface area (TPSA) is 282 Å². The number of nitrogens with zero attached hydrogens (tertiary/aromatic N) is 4. The van der Waals surface area contributed by atoms with E-state index in [0.29, 0.717) is 5.56 Å². The van der Waals surface area contributed by atoms with Gasteiger partial charge in [0.1, 0.15) is 24.9 Å². The van der Waals surface area contributed by atoms with Crippen LogP contribution < -0.4 is 20.9 Å². The quantitative estimate of drug-likeness (QED) is 0.0713. The van der Waals surface area contributed by atoms with Gasteiger partial charge in [-0.3, -0.25) is 57.8 Å². The third-order valence-electron chi connectivity index (χ3n) is 10.1. The first-order chi connectivity index (χ1) is 28.6. The Morgan fingerprint density at radius 2 is 1.18 bits per heavy atom. The molecule has 1 heterocycles. The van der Waals surface area contributed by atoms with Crippen molar-refractivity contribution in [2.75, 3.05) is 91.7 Å². The molecular weight excluding hydrogens is 817 g/mol. The lowest BCUT2D eigenvalue weighted by atomic mass is 9.90. The molecule has 1 unspecified atom stereocenters. The van der Waals surface area contributed by atoms with Crippen LogP contribution in [-0.2, 0) is 37.9 Å². The van der Waals surface area contributed by atoms with Crippen LogP contribution in [0.5, 0.6) is 5.75 Å². The molecule has 2 atom stereocenters. The van der Waals surface area contributed by atoms with Crippen LogP contribution in [0.1, 0.15) is 40.7 Å². The van der Waals surface area contributed by atoms with Gasteiger partial charge in [0.25, 0.3) is 0 Å². The molecule has 1 aliphatic rings. The van der Waals surface area contributed by atoms with Crippen molar-refractivity contribution < 1.29 is 62.6 Å². The first-order valence-electron chi connectivity index (χ1n) is 19.9. The zero-order chi connectivity index (χ0) is 45.4. The number of phosphoric acid groups is 1. The molecule has 0 bridgehead atoms. The summed E-state index contributed by atoms with van der Waals surface area (Å²) in [6, 6.07) is 6.61. The summed E-state index contributed by atoms with van der Waals surface area (Å²) in [6.45, 7) is 8.88. The van der Waals surface area contributed by atoms with Crippen LogP contribution in [0.2, 0.25) is 0 Å². The summed E-state index contributed by atoms with van der Waals surface area (Å²) in [7, 11) is -4.66. The predicted octanol–water partition coefficient (Wildman–Crippen LogP) is 0.733. The van der Waals surface area contributed by atoms with Crippen LogP contribution in [0.15, 0.2) is 24.3 Å². The number of amides is 3. The zero-order valence-electron chi connectivity index (χ0n) is 35.5. The summed E-state index contributed by atoms with van der Waals surface area (Å²) < 4.78 is 24.0. The molecule has 21 heteroatoms. The lowest BCUT2D eigenvalue weighted by Crippen LogP contribution is -2.53. The van der Waals surface area contributed by atoms with Crippen LogP contribution in [0.4, 0.5) is 0 Å². The van der Waals surface area contributed by atoms with Gasteiger partial charge < -0.3 is 36.2 Å². The average molecular weight is 878 g/mol. The van der Waals surface area contributed by atoms with E-state index in [1.807, 2.05) is 33.8 Å². The van der Waals surface area contributed by atoms with Crippen LogP contribution in [0.3, 0.4) is 0 Å². The fourth-order valence-corrected chi connectivity index (χ4v) is 8.11. The van der Waals surface area contributed by atoms with Gasteiger partial charge in [-0.05, 0) is 93.0 Å². The standard InChI is InChI=1S/C40H60N7O13P/c1-26-17-29(4)39(30(5)18-26)31-19-28(3)33(20-27(31)2)60-61(57,58)59-16-6-7-32(40(55)56)47-14-12-45(24-35(49)42-21-37(51)52)10-8-44(23-34(41)48)9-11-46(13-15-47)25-36(50)43-22-38(53)54/h17-20,32H,6-16,21-25H2,1-5H3,(H2,41,48)(H,42,49)(H,43,50)(H,51,52)(H,53,54)(H,55,56)(H,57,58)/t32-/m1/s1. The molecule has 20 nitrogen and oxygen atoms in total. The van der Waals surface area contributed by atoms with Crippen molar-refractivity contribution in [1.29, 1.82) is 0 Å². The second-order valence-corrected chi connectivity index (χ2v) is 16.6. The van der Waals surface area contributed by atoms with Crippen LogP contribution in [0.25, 0.3) is 11.1 Å². The predicted molar refractivity (Wildman–Crippen MR) is 224 cm³/mol. The molecule has 3 rings (SSSR count). The molecule has 1 aliphatic heterocycles. The zero-order valence-corrected chi connectivity index (χ0v) is 36.4. The maximum Gasteiger partial charge on any atom is 0.527 e. The van der Waals surface area contributed by atoms with Gasteiger partial charge in [0.2, 0.25) is 17.7 Å². The number of phosphoric ester groups is 1. The Morgan fingerprint density at radius 1 is 0.705 bits per heavy atom. The molecule has 0 saturated carbocycles. The van der Waals surface area contributed by atoms with E-state index in [-0.39, 0.29) is 97.2 Å². The maximum absolute atomic E-state index is 13.2. The van der Waals surface area contributed by atoms with Gasteiger partial charge in [-0.25, -0.2) is 4.57 Å². The normalized spacial score (nSPS) is 16.6. The monoisotopic (exact) mass is 877 g/mol. The number of carboxylic acid groups (broad SMARTS) is 3. The van der Waals surface area contributed by atoms with Crippen LogP contribution >= 0.6 is 7.82 Å². The summed E-state index contributed by atoms with van der Waals surface area (Å²) in [5, 5.41) is 33.1. The minimum atomic E-state index is -4.66. The maximum atomic E-state index is 13.2. The number of primary amides is 1. The lowest BCUT2D eigenvalue weighted by molar-refractivity contribution is -0.144. The Hall–Kier alpha value is -4.95. The van der Waals surface area contributed by atoms with Gasteiger partial charge in [-0.15, -0.1) is 0 Å². The van der Waals surface area contributed by atoms with E-state index in [1.54, 1.807) is 32.6 Å². The van der Waals surface area contributed by atoms with Crippen molar-refractivity contribution in [2.45, 2.75) is 53.5 Å². The highest BCUT2D eigenvalue weighted by atomic mass is 31.2. The molecule has 0 radical (unpaired) electrons. The summed E-state index contributed by atoms with van der Waals surface area (Å²) in [5.74, 6) is -5.29. The number of benzene rings is 2. The van der Waals surface area contributed by atoms with Crippen molar-refractivity contribution in [1.82, 2.24) is 30.2 Å². The van der Waals surface area contributed by atoms with E-state index >= 15 is 0 Å². The number of aliphatic carboxylic acids is 3. The van der Waals surface area contributed by atoms with Crippen molar-refractivity contribution >= 4 is 43.5 Å². The first kappa shape index (κ1) is 50.4. The number of carbonyl (C=O) groups excluding carboxylic acids is 3. The number of hydrogen-bond acceptors (Lipinski definition) is 13. The molecule has 2 aromatic rings. The molecule has 0 aromatic heterocycles. The molecule has 61 heavy (non-hydrogen) atoms. The van der Waals surface area contributed by atoms with Crippen molar-refractivity contribution in [3.05, 3.63) is 52.1 Å². The largest absolute Gasteiger partial charge is 0.527 e. The number of nitrogens with one attached hydrogen (secondary N) is 2. The Morgan fingerprint density at radius 3 is 1.64 bits per heavy atom. The fourth-order valence-electron chi connectivity index (χ4n) is 7.26. The summed E-state index contributed by atoms with van der Waals surface area (Å²) >= 11 is 0. The van der Waals surface area contributed by atoms with E-state index in [2.05, 4.69) is 22.8 Å². The highest BCUT2D eigenvalue weighted by Crippen LogP contribution is 2.46. The summed E-state index contributed by atoms with van der Waals surface area (Å²) in [4.78, 5) is 89.6. The van der Waals surface area contributed by atoms with E-state index in [1.165, 1.54) is 0 Å². The Bertz CT molecular complexity index is 1880. The van der Waals surface area contributed by atoms with Crippen LogP contribution in [0, 0.1) is 34.6 Å². The number of nitrogens with two attached hydrogens (primary N) is 1. The average Bonchev–Trinajstić information content (AvgIpc) is 3.14. The Balaban J connectivity index is 1.77. The molecule has 1 fully saturated rings.